The topological polar surface area (TPSA) is 21.3 Å². The van der Waals surface area contributed by atoms with Crippen LogP contribution in [0.3, 0.4) is 0 Å². The molecule has 2 unspecified atom stereocenters. The number of ether oxygens (including phenoxy) is 1. The fourth-order valence-electron chi connectivity index (χ4n) is 2.23. The molecule has 0 aliphatic carbocycles. The summed E-state index contributed by atoms with van der Waals surface area (Å²) in [6.07, 6.45) is -1.93. The molecule has 0 saturated carbocycles. The van der Waals surface area contributed by atoms with Gasteiger partial charge in [0.15, 0.2) is 0 Å². The molecule has 0 aromatic rings. The van der Waals surface area contributed by atoms with Gasteiger partial charge in [0.05, 0.1) is 6.61 Å². The SMILES string of the molecule is CCCNC(CCCC(F)(F)F)C1CCOC1. The molecule has 1 N–H and O–H groups in total. The number of hydrogen-bond acceptors (Lipinski definition) is 2. The number of halogens is 3. The Morgan fingerprint density at radius 3 is 2.71 bits per heavy atom. The van der Waals surface area contributed by atoms with Gasteiger partial charge in [0.2, 0.25) is 0 Å². The molecule has 17 heavy (non-hydrogen) atoms. The minimum atomic E-state index is -4.03. The predicted molar refractivity (Wildman–Crippen MR) is 60.9 cm³/mol. The lowest BCUT2D eigenvalue weighted by Crippen LogP contribution is -2.37. The van der Waals surface area contributed by atoms with Gasteiger partial charge in [0.1, 0.15) is 0 Å². The lowest BCUT2D eigenvalue weighted by atomic mass is 9.94. The van der Waals surface area contributed by atoms with Gasteiger partial charge in [-0.25, -0.2) is 0 Å². The Balaban J connectivity index is 2.29. The molecule has 0 aromatic heterocycles. The van der Waals surface area contributed by atoms with Gasteiger partial charge in [-0.3, -0.25) is 0 Å². The van der Waals surface area contributed by atoms with Crippen LogP contribution in [0.4, 0.5) is 13.2 Å². The Kier molecular flexibility index (Phi) is 6.27. The Morgan fingerprint density at radius 2 is 2.18 bits per heavy atom. The lowest BCUT2D eigenvalue weighted by Gasteiger charge is -2.24. The van der Waals surface area contributed by atoms with Crippen molar-refractivity contribution in [3.63, 3.8) is 0 Å². The maximum Gasteiger partial charge on any atom is 0.389 e. The Bertz CT molecular complexity index is 202. The van der Waals surface area contributed by atoms with E-state index in [1.807, 2.05) is 0 Å². The molecule has 1 aliphatic rings. The zero-order valence-electron chi connectivity index (χ0n) is 10.4. The number of nitrogens with one attached hydrogen (secondary N) is 1. The first-order valence-corrected chi connectivity index (χ1v) is 6.41. The van der Waals surface area contributed by atoms with Crippen molar-refractivity contribution in [1.82, 2.24) is 5.32 Å². The van der Waals surface area contributed by atoms with Crippen molar-refractivity contribution < 1.29 is 17.9 Å². The molecule has 1 heterocycles. The van der Waals surface area contributed by atoms with Crippen molar-refractivity contribution in [3.8, 4) is 0 Å². The molecular formula is C12H22F3NO. The van der Waals surface area contributed by atoms with Gasteiger partial charge in [-0.15, -0.1) is 0 Å². The summed E-state index contributed by atoms with van der Waals surface area (Å²) in [5.41, 5.74) is 0. The highest BCUT2D eigenvalue weighted by atomic mass is 19.4. The standard InChI is InChI=1S/C12H22F3NO/c1-2-7-16-11(10-5-8-17-9-10)4-3-6-12(13,14)15/h10-11,16H,2-9H2,1H3. The molecule has 1 saturated heterocycles. The van der Waals surface area contributed by atoms with E-state index in [2.05, 4.69) is 12.2 Å². The summed E-state index contributed by atoms with van der Waals surface area (Å²) in [6.45, 7) is 4.36. The van der Waals surface area contributed by atoms with Crippen LogP contribution in [0.15, 0.2) is 0 Å². The first-order valence-electron chi connectivity index (χ1n) is 6.41. The van der Waals surface area contributed by atoms with Gasteiger partial charge in [-0.05, 0) is 38.1 Å². The van der Waals surface area contributed by atoms with Crippen LogP contribution in [0.5, 0.6) is 0 Å². The van der Waals surface area contributed by atoms with Crippen LogP contribution in [-0.2, 0) is 4.74 Å². The molecule has 2 nitrogen and oxygen atoms in total. The minimum Gasteiger partial charge on any atom is -0.381 e. The second kappa shape index (κ2) is 7.21. The summed E-state index contributed by atoms with van der Waals surface area (Å²) in [4.78, 5) is 0. The maximum absolute atomic E-state index is 12.1. The zero-order valence-corrected chi connectivity index (χ0v) is 10.4. The molecule has 0 bridgehead atoms. The van der Waals surface area contributed by atoms with Crippen LogP contribution < -0.4 is 5.32 Å². The number of rotatable bonds is 7. The highest BCUT2D eigenvalue weighted by Gasteiger charge is 2.29. The van der Waals surface area contributed by atoms with Crippen LogP contribution in [0.2, 0.25) is 0 Å². The highest BCUT2D eigenvalue weighted by molar-refractivity contribution is 4.79. The van der Waals surface area contributed by atoms with E-state index in [4.69, 9.17) is 4.74 Å². The minimum absolute atomic E-state index is 0.180. The second-order valence-corrected chi connectivity index (χ2v) is 4.69. The first kappa shape index (κ1) is 14.8. The molecule has 1 aliphatic heterocycles. The van der Waals surface area contributed by atoms with Gasteiger partial charge in [-0.2, -0.15) is 13.2 Å². The van der Waals surface area contributed by atoms with Gasteiger partial charge in [-0.1, -0.05) is 6.92 Å². The Labute approximate surface area is 101 Å². The molecule has 0 amide bonds. The Morgan fingerprint density at radius 1 is 1.41 bits per heavy atom. The van der Waals surface area contributed by atoms with E-state index in [-0.39, 0.29) is 12.5 Å². The summed E-state index contributed by atoms with van der Waals surface area (Å²) in [5.74, 6) is 0.384. The van der Waals surface area contributed by atoms with Crippen LogP contribution >= 0.6 is 0 Å². The predicted octanol–water partition coefficient (Wildman–Crippen LogP) is 3.12. The molecule has 1 fully saturated rings. The molecule has 102 valence electrons. The fraction of sp³-hybridized carbons (Fsp3) is 1.00. The zero-order chi connectivity index (χ0) is 12.7. The van der Waals surface area contributed by atoms with Crippen LogP contribution in [0.25, 0.3) is 0 Å². The van der Waals surface area contributed by atoms with E-state index in [1.165, 1.54) is 0 Å². The van der Waals surface area contributed by atoms with Crippen LogP contribution in [-0.4, -0.2) is 32.0 Å². The molecule has 0 aromatic carbocycles. The van der Waals surface area contributed by atoms with Crippen molar-refractivity contribution in [2.24, 2.45) is 5.92 Å². The maximum atomic E-state index is 12.1. The normalized spacial score (nSPS) is 22.9. The largest absolute Gasteiger partial charge is 0.389 e. The Hall–Kier alpha value is -0.290. The highest BCUT2D eigenvalue weighted by Crippen LogP contribution is 2.25. The third-order valence-corrected chi connectivity index (χ3v) is 3.17. The molecule has 2 atom stereocenters. The lowest BCUT2D eigenvalue weighted by molar-refractivity contribution is -0.136. The van der Waals surface area contributed by atoms with Gasteiger partial charge < -0.3 is 10.1 Å². The smallest absolute Gasteiger partial charge is 0.381 e. The summed E-state index contributed by atoms with van der Waals surface area (Å²) in [7, 11) is 0. The van der Waals surface area contributed by atoms with Gasteiger partial charge in [0, 0.05) is 19.1 Å². The molecule has 0 radical (unpaired) electrons. The van der Waals surface area contributed by atoms with E-state index in [9.17, 15) is 13.2 Å². The van der Waals surface area contributed by atoms with Crippen LogP contribution in [0.1, 0.15) is 39.0 Å². The van der Waals surface area contributed by atoms with E-state index < -0.39 is 12.6 Å². The summed E-state index contributed by atoms with van der Waals surface area (Å²) < 4.78 is 41.6. The van der Waals surface area contributed by atoms with Crippen molar-refractivity contribution in [1.29, 1.82) is 0 Å². The summed E-state index contributed by atoms with van der Waals surface area (Å²) in [5, 5.41) is 3.35. The summed E-state index contributed by atoms with van der Waals surface area (Å²) in [6, 6.07) is 0.180. The quantitative estimate of drug-likeness (QED) is 0.752. The molecule has 1 rings (SSSR count). The van der Waals surface area contributed by atoms with Crippen molar-refractivity contribution in [3.05, 3.63) is 0 Å². The van der Waals surface area contributed by atoms with Gasteiger partial charge >= 0.3 is 6.18 Å². The summed E-state index contributed by atoms with van der Waals surface area (Å²) >= 11 is 0. The third-order valence-electron chi connectivity index (χ3n) is 3.17. The van der Waals surface area contributed by atoms with Crippen molar-refractivity contribution >= 4 is 0 Å². The molecule has 5 heteroatoms. The average molecular weight is 253 g/mol. The number of hydrogen-bond donors (Lipinski definition) is 1. The molecule has 0 spiro atoms. The van der Waals surface area contributed by atoms with E-state index >= 15 is 0 Å². The number of alkyl halides is 3. The van der Waals surface area contributed by atoms with Crippen molar-refractivity contribution in [2.75, 3.05) is 19.8 Å². The second-order valence-electron chi connectivity index (χ2n) is 4.69. The van der Waals surface area contributed by atoms with E-state index in [1.54, 1.807) is 0 Å². The fourth-order valence-corrected chi connectivity index (χ4v) is 2.23. The average Bonchev–Trinajstić information content (AvgIpc) is 2.74. The monoisotopic (exact) mass is 253 g/mol. The first-order chi connectivity index (χ1) is 8.03. The molecular weight excluding hydrogens is 231 g/mol. The van der Waals surface area contributed by atoms with Crippen LogP contribution in [0, 0.1) is 5.92 Å². The third kappa shape index (κ3) is 6.27. The van der Waals surface area contributed by atoms with E-state index in [0.29, 0.717) is 18.9 Å². The van der Waals surface area contributed by atoms with Crippen molar-refractivity contribution in [2.45, 2.75) is 51.2 Å². The van der Waals surface area contributed by atoms with Gasteiger partial charge in [0.25, 0.3) is 0 Å². The van der Waals surface area contributed by atoms with E-state index in [0.717, 1.165) is 26.0 Å².